The highest BCUT2D eigenvalue weighted by atomic mass is 32.2. The van der Waals surface area contributed by atoms with Crippen LogP contribution in [-0.2, 0) is 20.7 Å². The van der Waals surface area contributed by atoms with Crippen molar-refractivity contribution < 1.29 is 14.3 Å². The van der Waals surface area contributed by atoms with E-state index in [0.29, 0.717) is 6.54 Å². The molecule has 1 aromatic rings. The minimum Gasteiger partial charge on any atom is -0.379 e. The smallest absolute Gasteiger partial charge is 0.240 e. The molecule has 0 bridgehead atoms. The summed E-state index contributed by atoms with van der Waals surface area (Å²) in [6, 6.07) is 10.0. The molecule has 7 nitrogen and oxygen atoms in total. The molecular formula is C23H30N4O3S. The number of benzene rings is 1. The molecule has 1 amide bonds. The average molecular weight is 443 g/mol. The van der Waals surface area contributed by atoms with E-state index < -0.39 is 22.4 Å². The number of nitriles is 1. The Morgan fingerprint density at radius 2 is 2.19 bits per heavy atom. The number of morpholine rings is 1. The molecule has 31 heavy (non-hydrogen) atoms. The summed E-state index contributed by atoms with van der Waals surface area (Å²) in [5.41, 5.74) is 2.02. The molecule has 0 saturated carbocycles. The lowest BCUT2D eigenvalue weighted by Gasteiger charge is -2.26. The predicted octanol–water partition coefficient (Wildman–Crippen LogP) is 1.36. The Hall–Kier alpha value is -2.36. The lowest BCUT2D eigenvalue weighted by Crippen LogP contribution is -2.42. The number of hydrogen-bond donors (Lipinski definition) is 2. The molecule has 1 aliphatic heterocycles. The Bertz CT molecular complexity index is 799. The third-order valence-electron chi connectivity index (χ3n) is 5.01. The lowest BCUT2D eigenvalue weighted by molar-refractivity contribution is -0.123. The van der Waals surface area contributed by atoms with E-state index in [-0.39, 0.29) is 6.54 Å². The number of terminal acetylenes is 1. The maximum absolute atomic E-state index is 12.4. The van der Waals surface area contributed by atoms with Gasteiger partial charge in [-0.2, -0.15) is 5.26 Å². The zero-order valence-corrected chi connectivity index (χ0v) is 18.7. The first-order valence-electron chi connectivity index (χ1n) is 10.5. The molecular weight excluding hydrogens is 412 g/mol. The van der Waals surface area contributed by atoms with Crippen molar-refractivity contribution in [3.63, 3.8) is 0 Å². The fourth-order valence-corrected chi connectivity index (χ4v) is 4.63. The zero-order chi connectivity index (χ0) is 22.5. The van der Waals surface area contributed by atoms with Gasteiger partial charge >= 0.3 is 0 Å². The normalized spacial score (nSPS) is 17.0. The standard InChI is InChI=1S/C23H30N4O3S/c1-3-9-26-22(29)20(16-24)23(25-4-2)31-21(17-28)19-7-5-6-18(15-19)8-10-27-11-13-30-14-12-27/h1,5-7,15,17,20-21,23,25H,4,8-14H2,2H3,(H,26,29)/t20?,21?,23-/m0/s1. The molecule has 0 spiro atoms. The van der Waals surface area contributed by atoms with Crippen molar-refractivity contribution in [2.24, 2.45) is 5.92 Å². The van der Waals surface area contributed by atoms with Crippen LogP contribution in [0.3, 0.4) is 0 Å². The molecule has 1 aliphatic rings. The summed E-state index contributed by atoms with van der Waals surface area (Å²) in [6.07, 6.45) is 6.94. The summed E-state index contributed by atoms with van der Waals surface area (Å²) in [5, 5.41) is 14.2. The monoisotopic (exact) mass is 442 g/mol. The van der Waals surface area contributed by atoms with Gasteiger partial charge in [-0.05, 0) is 24.1 Å². The number of nitrogens with zero attached hydrogens (tertiary/aromatic N) is 2. The first-order chi connectivity index (χ1) is 15.1. The molecule has 2 unspecified atom stereocenters. The van der Waals surface area contributed by atoms with E-state index in [1.165, 1.54) is 11.8 Å². The predicted molar refractivity (Wildman–Crippen MR) is 122 cm³/mol. The molecule has 8 heteroatoms. The first kappa shape index (κ1) is 24.9. The fourth-order valence-electron chi connectivity index (χ4n) is 3.34. The van der Waals surface area contributed by atoms with Gasteiger partial charge in [0.1, 0.15) is 12.2 Å². The molecule has 1 saturated heterocycles. The van der Waals surface area contributed by atoms with Crippen LogP contribution in [0.25, 0.3) is 0 Å². The van der Waals surface area contributed by atoms with Gasteiger partial charge in [-0.15, -0.1) is 18.2 Å². The number of rotatable bonds is 12. The molecule has 2 rings (SSSR count). The van der Waals surface area contributed by atoms with Crippen LogP contribution in [0.1, 0.15) is 23.3 Å². The number of carbonyl (C=O) groups excluding carboxylic acids is 2. The Balaban J connectivity index is 2.08. The second kappa shape index (κ2) is 13.8. The van der Waals surface area contributed by atoms with Gasteiger partial charge in [-0.3, -0.25) is 9.69 Å². The number of nitrogens with one attached hydrogen (secondary N) is 2. The van der Waals surface area contributed by atoms with Crippen LogP contribution < -0.4 is 10.6 Å². The highest BCUT2D eigenvalue weighted by Crippen LogP contribution is 2.33. The summed E-state index contributed by atoms with van der Waals surface area (Å²) >= 11 is 1.28. The maximum Gasteiger partial charge on any atom is 0.240 e. The highest BCUT2D eigenvalue weighted by molar-refractivity contribution is 8.00. The fraction of sp³-hybridized carbons (Fsp3) is 0.522. The molecule has 1 aromatic carbocycles. The molecule has 3 atom stereocenters. The van der Waals surface area contributed by atoms with E-state index in [9.17, 15) is 14.9 Å². The van der Waals surface area contributed by atoms with Crippen molar-refractivity contribution in [3.05, 3.63) is 35.4 Å². The third-order valence-corrected chi connectivity index (χ3v) is 6.42. The van der Waals surface area contributed by atoms with Gasteiger partial charge in [0.05, 0.1) is 36.5 Å². The molecule has 1 fully saturated rings. The number of amides is 1. The van der Waals surface area contributed by atoms with E-state index >= 15 is 0 Å². The van der Waals surface area contributed by atoms with E-state index in [2.05, 4.69) is 27.5 Å². The summed E-state index contributed by atoms with van der Waals surface area (Å²) < 4.78 is 5.39. The first-order valence-corrected chi connectivity index (χ1v) is 11.4. The van der Waals surface area contributed by atoms with Crippen LogP contribution in [0, 0.1) is 29.6 Å². The minimum absolute atomic E-state index is 0.0584. The van der Waals surface area contributed by atoms with Crippen LogP contribution in [0.5, 0.6) is 0 Å². The van der Waals surface area contributed by atoms with Gasteiger partial charge < -0.3 is 20.2 Å². The van der Waals surface area contributed by atoms with Crippen molar-refractivity contribution in [1.82, 2.24) is 15.5 Å². The third kappa shape index (κ3) is 8.01. The molecule has 2 N–H and O–H groups in total. The Morgan fingerprint density at radius 1 is 1.42 bits per heavy atom. The van der Waals surface area contributed by atoms with Crippen LogP contribution in [-0.4, -0.2) is 68.4 Å². The van der Waals surface area contributed by atoms with E-state index in [4.69, 9.17) is 11.2 Å². The molecule has 0 aromatic heterocycles. The SMILES string of the molecule is C#CCNC(=O)C(C#N)[C@@H](NCC)SC(C=O)c1cccc(CCN2CCOCC2)c1. The van der Waals surface area contributed by atoms with Gasteiger partial charge in [0.2, 0.25) is 5.91 Å². The largest absolute Gasteiger partial charge is 0.379 e. The van der Waals surface area contributed by atoms with Crippen molar-refractivity contribution in [2.45, 2.75) is 24.0 Å². The average Bonchev–Trinajstić information content (AvgIpc) is 2.81. The number of thioether (sulfide) groups is 1. The highest BCUT2D eigenvalue weighted by Gasteiger charge is 2.31. The van der Waals surface area contributed by atoms with Gasteiger partial charge in [0, 0.05) is 19.6 Å². The van der Waals surface area contributed by atoms with Crippen molar-refractivity contribution in [2.75, 3.05) is 45.9 Å². The van der Waals surface area contributed by atoms with Crippen molar-refractivity contribution in [3.8, 4) is 18.4 Å². The summed E-state index contributed by atoms with van der Waals surface area (Å²) in [6.45, 7) is 6.87. The van der Waals surface area contributed by atoms with Crippen LogP contribution in [0.15, 0.2) is 24.3 Å². The lowest BCUT2D eigenvalue weighted by atomic mass is 10.1. The summed E-state index contributed by atoms with van der Waals surface area (Å²) in [5.74, 6) is 0.924. The minimum atomic E-state index is -0.967. The second-order valence-electron chi connectivity index (χ2n) is 7.15. The zero-order valence-electron chi connectivity index (χ0n) is 17.9. The molecule has 166 valence electrons. The summed E-state index contributed by atoms with van der Waals surface area (Å²) in [4.78, 5) is 26.7. The summed E-state index contributed by atoms with van der Waals surface area (Å²) in [7, 11) is 0. The Kier molecular flexibility index (Phi) is 11.1. The Morgan fingerprint density at radius 3 is 2.84 bits per heavy atom. The number of aldehydes is 1. The van der Waals surface area contributed by atoms with Crippen LogP contribution in [0.2, 0.25) is 0 Å². The van der Waals surface area contributed by atoms with Crippen molar-refractivity contribution in [1.29, 1.82) is 5.26 Å². The van der Waals surface area contributed by atoms with Crippen LogP contribution in [0.4, 0.5) is 0 Å². The topological polar surface area (TPSA) is 94.5 Å². The van der Waals surface area contributed by atoms with Crippen LogP contribution >= 0.6 is 11.8 Å². The molecule has 0 radical (unpaired) electrons. The number of hydrogen-bond acceptors (Lipinski definition) is 7. The number of carbonyl (C=O) groups is 2. The number of ether oxygens (including phenoxy) is 1. The van der Waals surface area contributed by atoms with Crippen molar-refractivity contribution >= 4 is 24.0 Å². The van der Waals surface area contributed by atoms with Gasteiger partial charge in [0.15, 0.2) is 0 Å². The van der Waals surface area contributed by atoms with E-state index in [0.717, 1.165) is 56.7 Å². The van der Waals surface area contributed by atoms with Gasteiger partial charge in [-0.1, -0.05) is 37.1 Å². The van der Waals surface area contributed by atoms with Gasteiger partial charge in [0.25, 0.3) is 0 Å². The molecule has 1 heterocycles. The quantitative estimate of drug-likeness (QED) is 0.287. The van der Waals surface area contributed by atoms with E-state index in [1.54, 1.807) is 0 Å². The van der Waals surface area contributed by atoms with E-state index in [1.807, 2.05) is 31.2 Å². The van der Waals surface area contributed by atoms with Gasteiger partial charge in [-0.25, -0.2) is 0 Å². The second-order valence-corrected chi connectivity index (χ2v) is 8.44. The Labute approximate surface area is 188 Å². The maximum atomic E-state index is 12.4. The molecule has 0 aliphatic carbocycles.